The smallest absolute Gasteiger partial charge is 0.254 e. The minimum Gasteiger partial charge on any atom is -0.352 e. The van der Waals surface area contributed by atoms with Crippen LogP contribution in [0.2, 0.25) is 0 Å². The Hall–Kier alpha value is -2.40. The van der Waals surface area contributed by atoms with Crippen LogP contribution in [0.1, 0.15) is 44.6 Å². The van der Waals surface area contributed by atoms with Crippen LogP contribution in [0.5, 0.6) is 0 Å². The maximum Gasteiger partial charge on any atom is 0.254 e. The molecule has 1 aromatic rings. The third-order valence-electron chi connectivity index (χ3n) is 6.64. The Morgan fingerprint density at radius 2 is 1.96 bits per heavy atom. The third-order valence-corrected chi connectivity index (χ3v) is 6.64. The van der Waals surface area contributed by atoms with Gasteiger partial charge in [0, 0.05) is 12.6 Å². The fraction of sp³-hybridized carbons (Fsp3) is 0.478. The largest absolute Gasteiger partial charge is 0.352 e. The average molecular weight is 378 g/mol. The molecule has 2 fully saturated rings. The number of carbonyl (C=O) groups excluding carboxylic acids is 2. The number of ether oxygens (including phenoxy) is 1. The third kappa shape index (κ3) is 2.56. The van der Waals surface area contributed by atoms with E-state index < -0.39 is 11.6 Å². The van der Waals surface area contributed by atoms with Crippen LogP contribution in [0.15, 0.2) is 53.6 Å². The first-order valence-corrected chi connectivity index (χ1v) is 10.3. The molecule has 0 radical (unpaired) electrons. The van der Waals surface area contributed by atoms with E-state index in [4.69, 9.17) is 4.74 Å². The molecule has 1 saturated carbocycles. The number of amides is 2. The second kappa shape index (κ2) is 6.59. The molecule has 1 aromatic carbocycles. The van der Waals surface area contributed by atoms with E-state index in [9.17, 15) is 9.59 Å². The van der Waals surface area contributed by atoms with Crippen LogP contribution >= 0.6 is 0 Å². The van der Waals surface area contributed by atoms with Crippen LogP contribution in [0.25, 0.3) is 0 Å². The quantitative estimate of drug-likeness (QED) is 0.820. The van der Waals surface area contributed by atoms with Crippen molar-refractivity contribution >= 4 is 11.8 Å². The second-order valence-corrected chi connectivity index (χ2v) is 8.41. The van der Waals surface area contributed by atoms with Gasteiger partial charge < -0.3 is 15.0 Å². The highest BCUT2D eigenvalue weighted by molar-refractivity contribution is 6.07. The van der Waals surface area contributed by atoms with E-state index in [1.165, 1.54) is 6.42 Å². The van der Waals surface area contributed by atoms with Crippen LogP contribution in [-0.4, -0.2) is 40.5 Å². The lowest BCUT2D eigenvalue weighted by Crippen LogP contribution is -2.56. The van der Waals surface area contributed by atoms with Crippen molar-refractivity contribution in [3.63, 3.8) is 0 Å². The molecule has 0 unspecified atom stereocenters. The van der Waals surface area contributed by atoms with Crippen molar-refractivity contribution in [3.05, 3.63) is 59.2 Å². The molecule has 5 rings (SSSR count). The number of nitrogens with one attached hydrogen (secondary N) is 1. The number of fused-ring (bicyclic) bond motifs is 1. The van der Waals surface area contributed by atoms with Gasteiger partial charge in [-0.1, -0.05) is 55.7 Å². The van der Waals surface area contributed by atoms with Crippen molar-refractivity contribution in [1.29, 1.82) is 0 Å². The molecule has 28 heavy (non-hydrogen) atoms. The normalized spacial score (nSPS) is 31.6. The molecule has 2 amide bonds. The first kappa shape index (κ1) is 17.7. The molecule has 1 aliphatic carbocycles. The molecule has 5 heteroatoms. The summed E-state index contributed by atoms with van der Waals surface area (Å²) in [6.45, 7) is 2.36. The maximum atomic E-state index is 13.5. The lowest BCUT2D eigenvalue weighted by Gasteiger charge is -2.33. The van der Waals surface area contributed by atoms with Crippen molar-refractivity contribution in [2.45, 2.75) is 69.4 Å². The molecule has 2 bridgehead atoms. The average Bonchev–Trinajstić information content (AvgIpc) is 3.32. The van der Waals surface area contributed by atoms with Gasteiger partial charge in [-0.05, 0) is 37.0 Å². The number of benzene rings is 1. The van der Waals surface area contributed by atoms with Gasteiger partial charge in [-0.3, -0.25) is 9.59 Å². The van der Waals surface area contributed by atoms with Crippen LogP contribution in [0, 0.1) is 0 Å². The summed E-state index contributed by atoms with van der Waals surface area (Å²) in [6, 6.07) is 9.39. The van der Waals surface area contributed by atoms with Crippen LogP contribution in [0.4, 0.5) is 0 Å². The Morgan fingerprint density at radius 3 is 2.71 bits per heavy atom. The Morgan fingerprint density at radius 1 is 1.21 bits per heavy atom. The van der Waals surface area contributed by atoms with Crippen molar-refractivity contribution in [2.24, 2.45) is 0 Å². The summed E-state index contributed by atoms with van der Waals surface area (Å²) in [5.74, 6) is -0.164. The molecule has 0 aromatic heterocycles. The number of hydrogen-bond donors (Lipinski definition) is 1. The maximum absolute atomic E-state index is 13.5. The summed E-state index contributed by atoms with van der Waals surface area (Å²) in [5.41, 5.74) is 1.69. The second-order valence-electron chi connectivity index (χ2n) is 8.41. The number of nitrogens with zero attached hydrogens (tertiary/aromatic N) is 1. The van der Waals surface area contributed by atoms with E-state index in [2.05, 4.69) is 5.32 Å². The van der Waals surface area contributed by atoms with E-state index in [-0.39, 0.29) is 24.0 Å². The highest BCUT2D eigenvalue weighted by Crippen LogP contribution is 2.51. The Balaban J connectivity index is 1.49. The van der Waals surface area contributed by atoms with Gasteiger partial charge in [-0.15, -0.1) is 0 Å². The fourth-order valence-electron chi connectivity index (χ4n) is 5.27. The summed E-state index contributed by atoms with van der Waals surface area (Å²) in [4.78, 5) is 28.5. The monoisotopic (exact) mass is 378 g/mol. The van der Waals surface area contributed by atoms with Crippen molar-refractivity contribution < 1.29 is 14.3 Å². The molecule has 3 atom stereocenters. The number of rotatable bonds is 4. The van der Waals surface area contributed by atoms with Gasteiger partial charge in [0.1, 0.15) is 11.6 Å². The Labute approximate surface area is 165 Å². The van der Waals surface area contributed by atoms with Crippen molar-refractivity contribution in [1.82, 2.24) is 10.2 Å². The van der Waals surface area contributed by atoms with E-state index in [1.54, 1.807) is 4.90 Å². The zero-order chi connectivity index (χ0) is 19.3. The minimum atomic E-state index is -0.931. The molecule has 146 valence electrons. The zero-order valence-corrected chi connectivity index (χ0v) is 16.2. The van der Waals surface area contributed by atoms with Gasteiger partial charge in [0.15, 0.2) is 0 Å². The molecule has 1 spiro atoms. The fourth-order valence-corrected chi connectivity index (χ4v) is 5.27. The van der Waals surface area contributed by atoms with E-state index >= 15 is 0 Å². The molecule has 3 aliphatic heterocycles. The first-order valence-electron chi connectivity index (χ1n) is 10.3. The van der Waals surface area contributed by atoms with Crippen LogP contribution in [0.3, 0.4) is 0 Å². The molecule has 4 aliphatic rings. The number of likely N-dealkylation sites (tertiary alicyclic amines) is 1. The lowest BCUT2D eigenvalue weighted by atomic mass is 9.84. The summed E-state index contributed by atoms with van der Waals surface area (Å²) >= 11 is 0. The van der Waals surface area contributed by atoms with Gasteiger partial charge in [-0.2, -0.15) is 0 Å². The predicted octanol–water partition coefficient (Wildman–Crippen LogP) is 2.87. The predicted molar refractivity (Wildman–Crippen MR) is 105 cm³/mol. The molecule has 1 saturated heterocycles. The van der Waals surface area contributed by atoms with Gasteiger partial charge in [0.05, 0.1) is 11.7 Å². The summed E-state index contributed by atoms with van der Waals surface area (Å²) in [7, 11) is 0. The Kier molecular flexibility index (Phi) is 4.16. The van der Waals surface area contributed by atoms with E-state index in [0.717, 1.165) is 36.8 Å². The standard InChI is InChI=1S/C23H26N2O3/c1-15-18-12-13-23(28-18)19(15)22(27)25(14-16-8-4-2-5-9-16)20(23)21(26)24-17-10-6-3-7-11-17/h2,4-5,8-9,12-13,17-18,20H,3,6-7,10-11,14H2,1H3,(H,24,26)/t18-,20+,23+/m1/s1. The lowest BCUT2D eigenvalue weighted by molar-refractivity contribution is -0.139. The Bertz CT molecular complexity index is 869. The number of hydrogen-bond acceptors (Lipinski definition) is 3. The minimum absolute atomic E-state index is 0.0722. The zero-order valence-electron chi connectivity index (χ0n) is 16.2. The number of carbonyl (C=O) groups is 2. The van der Waals surface area contributed by atoms with Gasteiger partial charge >= 0.3 is 0 Å². The molecule has 3 heterocycles. The van der Waals surface area contributed by atoms with Gasteiger partial charge in [0.2, 0.25) is 5.91 Å². The molecular weight excluding hydrogens is 352 g/mol. The first-order chi connectivity index (χ1) is 13.6. The summed E-state index contributed by atoms with van der Waals surface area (Å²) in [5, 5.41) is 3.23. The topological polar surface area (TPSA) is 58.6 Å². The summed E-state index contributed by atoms with van der Waals surface area (Å²) < 4.78 is 6.25. The van der Waals surface area contributed by atoms with Crippen molar-refractivity contribution in [2.75, 3.05) is 0 Å². The highest BCUT2D eigenvalue weighted by Gasteiger charge is 2.65. The van der Waals surface area contributed by atoms with Crippen LogP contribution < -0.4 is 5.32 Å². The van der Waals surface area contributed by atoms with Crippen LogP contribution in [-0.2, 0) is 20.9 Å². The summed E-state index contributed by atoms with van der Waals surface area (Å²) in [6.07, 6.45) is 9.30. The highest BCUT2D eigenvalue weighted by atomic mass is 16.5. The molecule has 1 N–H and O–H groups in total. The molecule has 5 nitrogen and oxygen atoms in total. The molecular formula is C23H26N2O3. The van der Waals surface area contributed by atoms with Gasteiger partial charge in [0.25, 0.3) is 5.91 Å². The SMILES string of the molecule is CC1=C2C(=O)N(Cc3ccccc3)[C@@H](C(=O)NC3CCCCC3)[C@]23C=C[C@H]1O3. The van der Waals surface area contributed by atoms with Gasteiger partial charge in [-0.25, -0.2) is 0 Å². The van der Waals surface area contributed by atoms with Crippen molar-refractivity contribution in [3.8, 4) is 0 Å². The van der Waals surface area contributed by atoms with E-state index in [0.29, 0.717) is 12.1 Å². The van der Waals surface area contributed by atoms with E-state index in [1.807, 2.05) is 49.4 Å².